The minimum absolute atomic E-state index is 0.00641. The first kappa shape index (κ1) is 9.97. The van der Waals surface area contributed by atoms with Gasteiger partial charge in [0.05, 0.1) is 5.52 Å². The summed E-state index contributed by atoms with van der Waals surface area (Å²) in [5.74, 6) is 0. The number of hydrogen-bond donors (Lipinski definition) is 2. The number of fused-ring (bicyclic) bond motifs is 1. The second-order valence-electron chi connectivity index (χ2n) is 2.76. The summed E-state index contributed by atoms with van der Waals surface area (Å²) >= 11 is 0.376. The quantitative estimate of drug-likeness (QED) is 0.677. The third-order valence-electron chi connectivity index (χ3n) is 1.69. The second kappa shape index (κ2) is 2.96. The lowest BCUT2D eigenvalue weighted by Crippen LogP contribution is -2.28. The molecule has 0 aliphatic heterocycles. The van der Waals surface area contributed by atoms with E-state index < -0.39 is 22.2 Å². The highest BCUT2D eigenvalue weighted by Gasteiger charge is 2.33. The molecule has 8 heteroatoms. The molecule has 2 aromatic rings. The predicted molar refractivity (Wildman–Crippen MR) is 48.1 cm³/mol. The van der Waals surface area contributed by atoms with Crippen LogP contribution in [0, 0.1) is 0 Å². The Bertz CT molecular complexity index is 574. The van der Waals surface area contributed by atoms with Crippen molar-refractivity contribution in [2.75, 3.05) is 0 Å². The number of halogens is 3. The van der Waals surface area contributed by atoms with E-state index in [4.69, 9.17) is 0 Å². The molecule has 0 saturated heterocycles. The number of aromatic nitrogens is 2. The number of alkyl halides is 3. The van der Waals surface area contributed by atoms with Gasteiger partial charge in [-0.05, 0) is 6.07 Å². The molecule has 0 saturated carbocycles. The van der Waals surface area contributed by atoms with E-state index >= 15 is 0 Å². The van der Waals surface area contributed by atoms with Gasteiger partial charge < -0.3 is 9.97 Å². The lowest BCUT2D eigenvalue weighted by Gasteiger charge is -1.99. The van der Waals surface area contributed by atoms with Crippen LogP contribution in [0.25, 0.3) is 10.3 Å². The molecule has 0 spiro atoms. The van der Waals surface area contributed by atoms with E-state index in [-0.39, 0.29) is 10.3 Å². The lowest BCUT2D eigenvalue weighted by molar-refractivity contribution is -0.134. The summed E-state index contributed by atoms with van der Waals surface area (Å²) in [5, 5.41) is 0. The van der Waals surface area contributed by atoms with Crippen LogP contribution in [-0.4, -0.2) is 9.97 Å². The topological polar surface area (TPSA) is 65.7 Å². The van der Waals surface area contributed by atoms with Gasteiger partial charge in [-0.1, -0.05) is 0 Å². The third kappa shape index (κ3) is 1.67. The average molecular weight is 236 g/mol. The Morgan fingerprint density at radius 3 is 2.33 bits per heavy atom. The summed E-state index contributed by atoms with van der Waals surface area (Å²) in [6, 6.07) is 0.789. The van der Waals surface area contributed by atoms with E-state index in [0.29, 0.717) is 11.3 Å². The van der Waals surface area contributed by atoms with Crippen molar-refractivity contribution in [1.29, 1.82) is 0 Å². The van der Waals surface area contributed by atoms with Gasteiger partial charge >= 0.3 is 17.3 Å². The molecule has 0 amide bonds. The summed E-state index contributed by atoms with van der Waals surface area (Å²) in [7, 11) is 0. The highest BCUT2D eigenvalue weighted by atomic mass is 32.1. The summed E-state index contributed by atoms with van der Waals surface area (Å²) in [5.41, 5.74) is -1.94. The number of nitrogens with one attached hydrogen (secondary N) is 2. The molecule has 80 valence electrons. The smallest absolute Gasteiger partial charge is 0.315 e. The molecule has 0 bridgehead atoms. The van der Waals surface area contributed by atoms with Crippen LogP contribution in [0.15, 0.2) is 15.7 Å². The van der Waals surface area contributed by atoms with Crippen molar-refractivity contribution in [3.8, 4) is 0 Å². The van der Waals surface area contributed by atoms with E-state index in [9.17, 15) is 22.8 Å². The molecule has 0 aliphatic carbocycles. The molecule has 4 nitrogen and oxygen atoms in total. The minimum atomic E-state index is -4.47. The van der Waals surface area contributed by atoms with Crippen LogP contribution >= 0.6 is 11.3 Å². The zero-order chi connectivity index (χ0) is 11.2. The third-order valence-corrected chi connectivity index (χ3v) is 2.79. The zero-order valence-corrected chi connectivity index (χ0v) is 7.75. The molecule has 0 radical (unpaired) electrons. The molecule has 2 rings (SSSR count). The molecule has 2 aromatic heterocycles. The second-order valence-corrected chi connectivity index (χ2v) is 3.81. The Kier molecular flexibility index (Phi) is 1.97. The first-order chi connectivity index (χ1) is 6.88. The Labute approximate surface area is 83.4 Å². The monoisotopic (exact) mass is 236 g/mol. The molecule has 0 atom stereocenters. The maximum atomic E-state index is 12.3. The number of thiophene rings is 1. The Balaban J connectivity index is 2.77. The van der Waals surface area contributed by atoms with Gasteiger partial charge in [0.2, 0.25) is 0 Å². The first-order valence-corrected chi connectivity index (χ1v) is 4.53. The Morgan fingerprint density at radius 1 is 1.13 bits per heavy atom. The summed E-state index contributed by atoms with van der Waals surface area (Å²) < 4.78 is 36.8. The fourth-order valence-electron chi connectivity index (χ4n) is 1.06. The normalized spacial score (nSPS) is 12.2. The molecule has 0 aliphatic rings. The van der Waals surface area contributed by atoms with Crippen LogP contribution < -0.4 is 11.1 Å². The minimum Gasteiger partial charge on any atom is -0.315 e. The van der Waals surface area contributed by atoms with Crippen molar-refractivity contribution >= 4 is 21.7 Å². The van der Waals surface area contributed by atoms with Crippen LogP contribution in [0.4, 0.5) is 13.2 Å². The summed E-state index contributed by atoms with van der Waals surface area (Å²) in [4.78, 5) is 24.9. The van der Waals surface area contributed by atoms with Gasteiger partial charge in [-0.2, -0.15) is 13.2 Å². The average Bonchev–Trinajstić information content (AvgIpc) is 2.47. The van der Waals surface area contributed by atoms with E-state index in [2.05, 4.69) is 9.97 Å². The number of hydrogen-bond acceptors (Lipinski definition) is 3. The van der Waals surface area contributed by atoms with Gasteiger partial charge in [-0.15, -0.1) is 11.3 Å². The van der Waals surface area contributed by atoms with Gasteiger partial charge in [-0.25, -0.2) is 0 Å². The van der Waals surface area contributed by atoms with E-state index in [1.807, 2.05) is 0 Å². The number of aromatic amines is 2. The molecular formula is C7H3F3N2O2S. The molecule has 0 fully saturated rings. The Morgan fingerprint density at radius 2 is 1.73 bits per heavy atom. The van der Waals surface area contributed by atoms with Gasteiger partial charge in [0.1, 0.15) is 9.71 Å². The highest BCUT2D eigenvalue weighted by molar-refractivity contribution is 7.18. The van der Waals surface area contributed by atoms with E-state index in [1.165, 1.54) is 0 Å². The summed E-state index contributed by atoms with van der Waals surface area (Å²) in [6.07, 6.45) is -4.47. The fraction of sp³-hybridized carbons (Fsp3) is 0.143. The zero-order valence-electron chi connectivity index (χ0n) is 6.94. The highest BCUT2D eigenvalue weighted by Crippen LogP contribution is 2.35. The standard InChI is InChI=1S/C7H3F3N2O2S/c8-7(9,10)3-1-2-6(15-3)12-5(14)4(13)11-2/h1H,(H,11,13)(H,12,14). The Hall–Kier alpha value is -1.57. The fourth-order valence-corrected chi connectivity index (χ4v) is 1.93. The van der Waals surface area contributed by atoms with E-state index in [1.54, 1.807) is 0 Å². The molecule has 2 heterocycles. The van der Waals surface area contributed by atoms with Crippen LogP contribution in [0.2, 0.25) is 0 Å². The molecule has 2 N–H and O–H groups in total. The maximum absolute atomic E-state index is 12.3. The van der Waals surface area contributed by atoms with Crippen molar-refractivity contribution in [2.45, 2.75) is 6.18 Å². The summed E-state index contributed by atoms with van der Waals surface area (Å²) in [6.45, 7) is 0. The number of H-pyrrole nitrogens is 2. The molecule has 0 aromatic carbocycles. The van der Waals surface area contributed by atoms with Crippen molar-refractivity contribution < 1.29 is 13.2 Å². The van der Waals surface area contributed by atoms with Crippen molar-refractivity contribution in [3.05, 3.63) is 31.7 Å². The molecule has 0 unspecified atom stereocenters. The van der Waals surface area contributed by atoms with E-state index in [0.717, 1.165) is 6.07 Å². The van der Waals surface area contributed by atoms with Gasteiger partial charge in [-0.3, -0.25) is 9.59 Å². The largest absolute Gasteiger partial charge is 0.425 e. The van der Waals surface area contributed by atoms with Gasteiger partial charge in [0.15, 0.2) is 0 Å². The van der Waals surface area contributed by atoms with Crippen molar-refractivity contribution in [1.82, 2.24) is 9.97 Å². The van der Waals surface area contributed by atoms with Crippen molar-refractivity contribution in [2.24, 2.45) is 0 Å². The van der Waals surface area contributed by atoms with Crippen LogP contribution in [0.5, 0.6) is 0 Å². The van der Waals surface area contributed by atoms with Gasteiger partial charge in [0.25, 0.3) is 0 Å². The van der Waals surface area contributed by atoms with Crippen LogP contribution in [-0.2, 0) is 6.18 Å². The lowest BCUT2D eigenvalue weighted by atomic mass is 10.4. The molecule has 15 heavy (non-hydrogen) atoms. The number of rotatable bonds is 0. The molecular weight excluding hydrogens is 233 g/mol. The predicted octanol–water partition coefficient (Wildman–Crippen LogP) is 1.30. The van der Waals surface area contributed by atoms with Gasteiger partial charge in [0, 0.05) is 0 Å². The first-order valence-electron chi connectivity index (χ1n) is 3.71. The van der Waals surface area contributed by atoms with Crippen LogP contribution in [0.3, 0.4) is 0 Å². The maximum Gasteiger partial charge on any atom is 0.425 e. The van der Waals surface area contributed by atoms with Crippen LogP contribution in [0.1, 0.15) is 4.88 Å². The van der Waals surface area contributed by atoms with Crippen molar-refractivity contribution in [3.63, 3.8) is 0 Å². The SMILES string of the molecule is O=c1[nH]c2cc(C(F)(F)F)sc2[nH]c1=O.